The third-order valence-corrected chi connectivity index (χ3v) is 5.08. The second-order valence-corrected chi connectivity index (χ2v) is 7.47. The molecule has 2 N–H and O–H groups in total. The molecule has 7 heteroatoms. The molecule has 1 aliphatic heterocycles. The summed E-state index contributed by atoms with van der Waals surface area (Å²) < 4.78 is 0. The quantitative estimate of drug-likeness (QED) is 0.745. The molecule has 1 aliphatic rings. The van der Waals surface area contributed by atoms with Crippen LogP contribution in [0.15, 0.2) is 36.4 Å². The Morgan fingerprint density at radius 1 is 1.19 bits per heavy atom. The van der Waals surface area contributed by atoms with E-state index in [4.69, 9.17) is 23.2 Å². The Morgan fingerprint density at radius 2 is 1.96 bits per heavy atom. The summed E-state index contributed by atoms with van der Waals surface area (Å²) in [4.78, 5) is 26.1. The van der Waals surface area contributed by atoms with Gasteiger partial charge in [-0.15, -0.1) is 0 Å². The van der Waals surface area contributed by atoms with Crippen molar-refractivity contribution in [3.8, 4) is 0 Å². The van der Waals surface area contributed by atoms with Gasteiger partial charge < -0.3 is 15.5 Å². The van der Waals surface area contributed by atoms with Crippen molar-refractivity contribution in [1.82, 2.24) is 0 Å². The number of aryl methyl sites for hydroxylation is 1. The summed E-state index contributed by atoms with van der Waals surface area (Å²) in [5, 5.41) is 7.05. The van der Waals surface area contributed by atoms with E-state index in [-0.39, 0.29) is 11.8 Å². The van der Waals surface area contributed by atoms with Crippen molar-refractivity contribution < 1.29 is 9.59 Å². The smallest absolute Gasteiger partial charge is 0.246 e. The topological polar surface area (TPSA) is 61.4 Å². The number of halogens is 2. The Balaban J connectivity index is 1.67. The van der Waals surface area contributed by atoms with Gasteiger partial charge in [0.1, 0.15) is 6.04 Å². The first kappa shape index (κ1) is 19.5. The van der Waals surface area contributed by atoms with Crippen LogP contribution < -0.4 is 15.5 Å². The first-order chi connectivity index (χ1) is 12.8. The SMILES string of the molecule is Cc1ccc(Cl)cc1NC(=O)[C@H](C)Nc1ccc(N2CCCC2=O)c(Cl)c1. The predicted octanol–water partition coefficient (Wildman–Crippen LogP) is 4.87. The normalized spacial score (nSPS) is 15.0. The van der Waals surface area contributed by atoms with Gasteiger partial charge in [-0.2, -0.15) is 0 Å². The Bertz CT molecular complexity index is 886. The molecular formula is C20H21Cl2N3O2. The van der Waals surface area contributed by atoms with E-state index in [1.54, 1.807) is 36.1 Å². The summed E-state index contributed by atoms with van der Waals surface area (Å²) in [5.41, 5.74) is 3.03. The highest BCUT2D eigenvalue weighted by molar-refractivity contribution is 6.34. The molecule has 2 amide bonds. The van der Waals surface area contributed by atoms with Crippen molar-refractivity contribution >= 4 is 52.1 Å². The molecule has 0 spiro atoms. The number of carbonyl (C=O) groups is 2. The van der Waals surface area contributed by atoms with Crippen molar-refractivity contribution in [2.75, 3.05) is 22.1 Å². The van der Waals surface area contributed by atoms with Crippen molar-refractivity contribution in [3.05, 3.63) is 52.0 Å². The van der Waals surface area contributed by atoms with Crippen molar-refractivity contribution in [2.24, 2.45) is 0 Å². The zero-order valence-corrected chi connectivity index (χ0v) is 16.7. The zero-order valence-electron chi connectivity index (χ0n) is 15.2. The van der Waals surface area contributed by atoms with Gasteiger partial charge >= 0.3 is 0 Å². The van der Waals surface area contributed by atoms with Gasteiger partial charge in [0.25, 0.3) is 0 Å². The Labute approximate surface area is 168 Å². The van der Waals surface area contributed by atoms with E-state index in [2.05, 4.69) is 10.6 Å². The Hall–Kier alpha value is -2.24. The maximum Gasteiger partial charge on any atom is 0.246 e. The molecule has 1 fully saturated rings. The molecule has 1 heterocycles. The average Bonchev–Trinajstić information content (AvgIpc) is 3.04. The second kappa shape index (κ2) is 8.19. The maximum absolute atomic E-state index is 12.5. The van der Waals surface area contributed by atoms with Gasteiger partial charge in [0.05, 0.1) is 10.7 Å². The molecule has 0 aliphatic carbocycles. The van der Waals surface area contributed by atoms with E-state index in [0.29, 0.717) is 40.1 Å². The number of benzene rings is 2. The van der Waals surface area contributed by atoms with Crippen LogP contribution >= 0.6 is 23.2 Å². The van der Waals surface area contributed by atoms with E-state index in [0.717, 1.165) is 12.0 Å². The zero-order chi connectivity index (χ0) is 19.6. The molecule has 3 rings (SSSR count). The number of carbonyl (C=O) groups excluding carboxylic acids is 2. The molecule has 1 saturated heterocycles. The van der Waals surface area contributed by atoms with Crippen LogP contribution in [0.5, 0.6) is 0 Å². The van der Waals surface area contributed by atoms with Crippen LogP contribution in [0.3, 0.4) is 0 Å². The molecule has 1 atom stereocenters. The van der Waals surface area contributed by atoms with Gasteiger partial charge in [-0.25, -0.2) is 0 Å². The van der Waals surface area contributed by atoms with Gasteiger partial charge in [0.15, 0.2) is 0 Å². The van der Waals surface area contributed by atoms with Gasteiger partial charge in [-0.1, -0.05) is 29.3 Å². The fourth-order valence-electron chi connectivity index (χ4n) is 3.00. The summed E-state index contributed by atoms with van der Waals surface area (Å²) >= 11 is 12.4. The van der Waals surface area contributed by atoms with Crippen molar-refractivity contribution in [2.45, 2.75) is 32.7 Å². The third kappa shape index (κ3) is 4.54. The Kier molecular flexibility index (Phi) is 5.92. The van der Waals surface area contributed by atoms with Gasteiger partial charge in [0.2, 0.25) is 11.8 Å². The van der Waals surface area contributed by atoms with Gasteiger partial charge in [0, 0.05) is 29.4 Å². The summed E-state index contributed by atoms with van der Waals surface area (Å²) in [6, 6.07) is 10.2. The molecule has 0 saturated carbocycles. The predicted molar refractivity (Wildman–Crippen MR) is 111 cm³/mol. The molecular weight excluding hydrogens is 385 g/mol. The number of amides is 2. The lowest BCUT2D eigenvalue weighted by Crippen LogP contribution is -2.32. The van der Waals surface area contributed by atoms with E-state index >= 15 is 0 Å². The first-order valence-corrected chi connectivity index (χ1v) is 9.54. The van der Waals surface area contributed by atoms with Gasteiger partial charge in [-0.05, 0) is 56.2 Å². The number of nitrogens with zero attached hydrogens (tertiary/aromatic N) is 1. The highest BCUT2D eigenvalue weighted by Gasteiger charge is 2.24. The third-order valence-electron chi connectivity index (χ3n) is 4.55. The number of hydrogen-bond acceptors (Lipinski definition) is 3. The van der Waals surface area contributed by atoms with Crippen LogP contribution in [-0.4, -0.2) is 24.4 Å². The minimum atomic E-state index is -0.487. The summed E-state index contributed by atoms with van der Waals surface area (Å²) in [7, 11) is 0. The van der Waals surface area contributed by atoms with Crippen molar-refractivity contribution in [1.29, 1.82) is 0 Å². The minimum Gasteiger partial charge on any atom is -0.374 e. The van der Waals surface area contributed by atoms with E-state index in [9.17, 15) is 9.59 Å². The molecule has 0 radical (unpaired) electrons. The Morgan fingerprint density at radius 3 is 2.63 bits per heavy atom. The van der Waals surface area contributed by atoms with Crippen LogP contribution in [0.4, 0.5) is 17.1 Å². The molecule has 27 heavy (non-hydrogen) atoms. The number of rotatable bonds is 5. The van der Waals surface area contributed by atoms with Gasteiger partial charge in [-0.3, -0.25) is 9.59 Å². The molecule has 5 nitrogen and oxygen atoms in total. The van der Waals surface area contributed by atoms with Crippen LogP contribution in [0, 0.1) is 6.92 Å². The lowest BCUT2D eigenvalue weighted by atomic mass is 10.2. The molecule has 2 aromatic rings. The molecule has 2 aromatic carbocycles. The molecule has 0 unspecified atom stereocenters. The number of hydrogen-bond donors (Lipinski definition) is 2. The first-order valence-electron chi connectivity index (χ1n) is 8.78. The van der Waals surface area contributed by atoms with E-state index in [1.165, 1.54) is 0 Å². The van der Waals surface area contributed by atoms with E-state index in [1.807, 2.05) is 19.1 Å². The fraction of sp³-hybridized carbons (Fsp3) is 0.300. The van der Waals surface area contributed by atoms with Crippen molar-refractivity contribution in [3.63, 3.8) is 0 Å². The maximum atomic E-state index is 12.5. The molecule has 142 valence electrons. The van der Waals surface area contributed by atoms with Crippen LogP contribution in [0.1, 0.15) is 25.3 Å². The minimum absolute atomic E-state index is 0.0854. The number of nitrogens with one attached hydrogen (secondary N) is 2. The lowest BCUT2D eigenvalue weighted by Gasteiger charge is -2.20. The average molecular weight is 406 g/mol. The second-order valence-electron chi connectivity index (χ2n) is 6.63. The fourth-order valence-corrected chi connectivity index (χ4v) is 3.46. The lowest BCUT2D eigenvalue weighted by molar-refractivity contribution is -0.117. The summed E-state index contributed by atoms with van der Waals surface area (Å²) in [6.45, 7) is 4.35. The summed E-state index contributed by atoms with van der Waals surface area (Å²) in [6.07, 6.45) is 1.39. The highest BCUT2D eigenvalue weighted by atomic mass is 35.5. The van der Waals surface area contributed by atoms with Crippen LogP contribution in [0.2, 0.25) is 10.0 Å². The monoisotopic (exact) mass is 405 g/mol. The molecule has 0 aromatic heterocycles. The largest absolute Gasteiger partial charge is 0.374 e. The van der Waals surface area contributed by atoms with Crippen LogP contribution in [0.25, 0.3) is 0 Å². The molecule has 0 bridgehead atoms. The van der Waals surface area contributed by atoms with E-state index < -0.39 is 6.04 Å². The summed E-state index contributed by atoms with van der Waals surface area (Å²) in [5.74, 6) is -0.0995. The van der Waals surface area contributed by atoms with Crippen LogP contribution in [-0.2, 0) is 9.59 Å². The number of anilines is 3. The highest BCUT2D eigenvalue weighted by Crippen LogP contribution is 2.32. The standard InChI is InChI=1S/C20H21Cl2N3O2/c1-12-5-6-14(21)10-17(12)24-20(27)13(2)23-15-7-8-18(16(22)11-15)25-9-3-4-19(25)26/h5-8,10-11,13,23H,3-4,9H2,1-2H3,(H,24,27)/t13-/m0/s1.